The van der Waals surface area contributed by atoms with Crippen LogP contribution < -0.4 is 16.3 Å². The van der Waals surface area contributed by atoms with Gasteiger partial charge in [-0.3, -0.25) is 10.1 Å². The Bertz CT molecular complexity index is 759. The highest BCUT2D eigenvalue weighted by atomic mass is 79.9. The Morgan fingerprint density at radius 2 is 2.35 bits per heavy atom. The third-order valence-electron chi connectivity index (χ3n) is 2.81. The molecule has 3 N–H and O–H groups in total. The molecule has 1 heterocycles. The second-order valence-corrected chi connectivity index (χ2v) is 5.92. The van der Waals surface area contributed by atoms with Gasteiger partial charge in [-0.15, -0.1) is 0 Å². The molecule has 23 heavy (non-hydrogen) atoms. The predicted molar refractivity (Wildman–Crippen MR) is 92.5 cm³/mol. The summed E-state index contributed by atoms with van der Waals surface area (Å²) in [5, 5.41) is 19.0. The van der Waals surface area contributed by atoms with Gasteiger partial charge in [0.25, 0.3) is 0 Å². The molecule has 120 valence electrons. The summed E-state index contributed by atoms with van der Waals surface area (Å²) in [5.74, 6) is -1.13. The van der Waals surface area contributed by atoms with Gasteiger partial charge in [-0.2, -0.15) is 10.2 Å². The molecule has 2 rings (SSSR count). The molecule has 0 unspecified atom stereocenters. The van der Waals surface area contributed by atoms with E-state index in [1.807, 2.05) is 24.3 Å². The average Bonchev–Trinajstić information content (AvgIpc) is 2.88. The number of aryl methyl sites for hydroxylation is 1. The quantitative estimate of drug-likeness (QED) is 0.422. The van der Waals surface area contributed by atoms with Crippen LogP contribution in [0.25, 0.3) is 11.3 Å². The fraction of sp³-hybridized carbons (Fsp3) is 0.143. The van der Waals surface area contributed by atoms with E-state index in [1.165, 1.54) is 10.9 Å². The summed E-state index contributed by atoms with van der Waals surface area (Å²) >= 11 is 8.10. The summed E-state index contributed by atoms with van der Waals surface area (Å²) in [6.45, 7) is 0.208. The number of nitrogens with two attached hydrogens (primary N) is 1. The number of carboxylic acid groups (broad SMARTS) is 1. The molecular formula is C14H13BrN5O2S-. The molecule has 0 bridgehead atoms. The Hall–Kier alpha value is -2.26. The number of nitrogens with zero attached hydrogens (tertiary/aromatic N) is 3. The van der Waals surface area contributed by atoms with Crippen molar-refractivity contribution >= 4 is 45.4 Å². The molecule has 0 radical (unpaired) electrons. The Morgan fingerprint density at radius 3 is 3.00 bits per heavy atom. The van der Waals surface area contributed by atoms with Crippen molar-refractivity contribution in [1.29, 1.82) is 0 Å². The van der Waals surface area contributed by atoms with E-state index in [9.17, 15) is 9.90 Å². The largest absolute Gasteiger partial charge is 0.550 e. The molecule has 1 aromatic heterocycles. The van der Waals surface area contributed by atoms with Crippen LogP contribution in [0, 0.1) is 0 Å². The van der Waals surface area contributed by atoms with Crippen molar-refractivity contribution in [2.75, 3.05) is 0 Å². The van der Waals surface area contributed by atoms with Crippen molar-refractivity contribution in [3.05, 3.63) is 40.5 Å². The molecule has 0 aliphatic heterocycles. The molecule has 2 aromatic rings. The van der Waals surface area contributed by atoms with Crippen LogP contribution >= 0.6 is 28.1 Å². The highest BCUT2D eigenvalue weighted by Gasteiger charge is 2.10. The van der Waals surface area contributed by atoms with Crippen LogP contribution in [0.2, 0.25) is 0 Å². The summed E-state index contributed by atoms with van der Waals surface area (Å²) < 4.78 is 2.44. The van der Waals surface area contributed by atoms with Gasteiger partial charge in [0.2, 0.25) is 0 Å². The van der Waals surface area contributed by atoms with Crippen LogP contribution in [0.1, 0.15) is 12.0 Å². The molecule has 0 spiro atoms. The van der Waals surface area contributed by atoms with E-state index in [2.05, 4.69) is 43.8 Å². The molecule has 9 heteroatoms. The van der Waals surface area contributed by atoms with Crippen molar-refractivity contribution in [3.8, 4) is 11.3 Å². The van der Waals surface area contributed by atoms with E-state index in [1.54, 1.807) is 6.20 Å². The number of hydrogen-bond donors (Lipinski definition) is 2. The number of hydrazone groups is 1. The Labute approximate surface area is 146 Å². The van der Waals surface area contributed by atoms with Crippen molar-refractivity contribution < 1.29 is 9.90 Å². The van der Waals surface area contributed by atoms with Gasteiger partial charge in [0, 0.05) is 40.7 Å². The van der Waals surface area contributed by atoms with Crippen LogP contribution in [-0.2, 0) is 11.3 Å². The summed E-state index contributed by atoms with van der Waals surface area (Å²) in [5.41, 5.74) is 10.0. The highest BCUT2D eigenvalue weighted by Crippen LogP contribution is 2.24. The Kier molecular flexibility index (Phi) is 5.83. The number of carboxylic acids is 1. The summed E-state index contributed by atoms with van der Waals surface area (Å²) in [4.78, 5) is 10.6. The lowest BCUT2D eigenvalue weighted by Gasteiger charge is -2.02. The minimum Gasteiger partial charge on any atom is -0.550 e. The smallest absolute Gasteiger partial charge is 0.184 e. The number of rotatable bonds is 6. The van der Waals surface area contributed by atoms with Crippen LogP contribution in [0.3, 0.4) is 0 Å². The minimum absolute atomic E-state index is 0.0506. The number of halogens is 1. The molecule has 1 aromatic carbocycles. The molecule has 0 saturated carbocycles. The van der Waals surface area contributed by atoms with Crippen molar-refractivity contribution in [2.45, 2.75) is 13.0 Å². The zero-order valence-electron chi connectivity index (χ0n) is 11.9. The fourth-order valence-electron chi connectivity index (χ4n) is 1.88. The van der Waals surface area contributed by atoms with E-state index in [0.29, 0.717) is 11.3 Å². The number of thiocarbonyl (C=S) groups is 1. The van der Waals surface area contributed by atoms with Gasteiger partial charge < -0.3 is 15.6 Å². The third kappa shape index (κ3) is 5.15. The van der Waals surface area contributed by atoms with E-state index in [4.69, 9.17) is 5.73 Å². The third-order valence-corrected chi connectivity index (χ3v) is 3.40. The molecule has 0 aliphatic rings. The van der Waals surface area contributed by atoms with Crippen molar-refractivity contribution in [2.24, 2.45) is 10.8 Å². The maximum atomic E-state index is 10.6. The van der Waals surface area contributed by atoms with E-state index in [0.717, 1.165) is 10.0 Å². The van der Waals surface area contributed by atoms with E-state index >= 15 is 0 Å². The number of carbonyl (C=O) groups excluding carboxylic acids is 1. The van der Waals surface area contributed by atoms with Gasteiger partial charge >= 0.3 is 0 Å². The standard InChI is InChI=1S/C14H14BrN5O2S/c15-11-3-1-2-9(6-11)13-10(7-17-18-14(16)23)8-20(19-13)5-4-12(21)22/h1-3,6-8H,4-5H2,(H,21,22)(H3,16,18,23)/p-1/b17-7+. The number of nitrogens with one attached hydrogen (secondary N) is 1. The summed E-state index contributed by atoms with van der Waals surface area (Å²) in [6.07, 6.45) is 3.10. The van der Waals surface area contributed by atoms with Crippen LogP contribution in [0.5, 0.6) is 0 Å². The molecule has 0 atom stereocenters. The second kappa shape index (κ2) is 7.84. The first-order valence-electron chi connectivity index (χ1n) is 6.57. The van der Waals surface area contributed by atoms with Gasteiger partial charge in [-0.1, -0.05) is 28.1 Å². The predicted octanol–water partition coefficient (Wildman–Crippen LogP) is 0.620. The first-order chi connectivity index (χ1) is 11.0. The van der Waals surface area contributed by atoms with Gasteiger partial charge in [-0.05, 0) is 24.4 Å². The number of aromatic nitrogens is 2. The maximum absolute atomic E-state index is 10.6. The van der Waals surface area contributed by atoms with E-state index < -0.39 is 5.97 Å². The lowest BCUT2D eigenvalue weighted by Crippen LogP contribution is -2.24. The molecule has 0 amide bonds. The van der Waals surface area contributed by atoms with Crippen LogP contribution in [-0.4, -0.2) is 27.1 Å². The number of carbonyl (C=O) groups is 1. The van der Waals surface area contributed by atoms with Gasteiger partial charge in [0.05, 0.1) is 6.21 Å². The molecule has 0 saturated heterocycles. The number of benzene rings is 1. The fourth-order valence-corrected chi connectivity index (χ4v) is 2.33. The van der Waals surface area contributed by atoms with Gasteiger partial charge in [0.1, 0.15) is 5.69 Å². The normalized spacial score (nSPS) is 10.8. The van der Waals surface area contributed by atoms with Crippen LogP contribution in [0.4, 0.5) is 0 Å². The molecular weight excluding hydrogens is 382 g/mol. The Balaban J connectivity index is 2.34. The second-order valence-electron chi connectivity index (χ2n) is 4.56. The van der Waals surface area contributed by atoms with Crippen LogP contribution in [0.15, 0.2) is 40.0 Å². The summed E-state index contributed by atoms with van der Waals surface area (Å²) in [7, 11) is 0. The monoisotopic (exact) mass is 394 g/mol. The van der Waals surface area contributed by atoms with E-state index in [-0.39, 0.29) is 18.1 Å². The van der Waals surface area contributed by atoms with Gasteiger partial charge in [-0.25, -0.2) is 0 Å². The van der Waals surface area contributed by atoms with Crippen molar-refractivity contribution in [1.82, 2.24) is 15.2 Å². The average molecular weight is 395 g/mol. The number of hydrogen-bond acceptors (Lipinski definition) is 5. The zero-order valence-corrected chi connectivity index (χ0v) is 14.3. The van der Waals surface area contributed by atoms with Gasteiger partial charge in [0.15, 0.2) is 5.11 Å². The Morgan fingerprint density at radius 1 is 1.57 bits per heavy atom. The highest BCUT2D eigenvalue weighted by molar-refractivity contribution is 9.10. The lowest BCUT2D eigenvalue weighted by molar-refractivity contribution is -0.306. The minimum atomic E-state index is -1.13. The maximum Gasteiger partial charge on any atom is 0.184 e. The first kappa shape index (κ1) is 17.1. The molecule has 0 aliphatic carbocycles. The summed E-state index contributed by atoms with van der Waals surface area (Å²) in [6, 6.07) is 7.59. The molecule has 7 nitrogen and oxygen atoms in total. The SMILES string of the molecule is NC(=S)N/N=C/c1cn(CCC(=O)[O-])nc1-c1cccc(Br)c1. The zero-order chi connectivity index (χ0) is 16.8. The topological polar surface area (TPSA) is 108 Å². The molecule has 0 fully saturated rings. The first-order valence-corrected chi connectivity index (χ1v) is 7.77. The van der Waals surface area contributed by atoms with Crippen molar-refractivity contribution in [3.63, 3.8) is 0 Å². The number of aliphatic carboxylic acids is 1. The lowest BCUT2D eigenvalue weighted by atomic mass is 10.1.